The van der Waals surface area contributed by atoms with Crippen LogP contribution in [0.3, 0.4) is 0 Å². The Morgan fingerprint density at radius 3 is 2.47 bits per heavy atom. The van der Waals surface area contributed by atoms with E-state index in [1.54, 1.807) is 18.2 Å². The van der Waals surface area contributed by atoms with Gasteiger partial charge in [-0.15, -0.1) is 0 Å². The minimum Gasteiger partial charge on any atom is -0.384 e. The maximum atomic E-state index is 13.9. The zero-order valence-electron chi connectivity index (χ0n) is 9.92. The number of benzene rings is 2. The molecule has 1 N–H and O–H groups in total. The molecule has 19 heavy (non-hydrogen) atoms. The minimum absolute atomic E-state index is 0.120. The van der Waals surface area contributed by atoms with Crippen LogP contribution >= 0.6 is 39.1 Å². The predicted octanol–water partition coefficient (Wildman–Crippen LogP) is 5.29. The SMILES string of the molecule is Cc1cc(Cl)cc(C(O)c2cc(Cl)c(Br)cc2F)c1. The van der Waals surface area contributed by atoms with Crippen molar-refractivity contribution in [1.29, 1.82) is 0 Å². The number of aliphatic hydroxyl groups excluding tert-OH is 1. The summed E-state index contributed by atoms with van der Waals surface area (Å²) < 4.78 is 14.3. The van der Waals surface area contributed by atoms with E-state index in [0.717, 1.165) is 5.56 Å². The smallest absolute Gasteiger partial charge is 0.130 e. The van der Waals surface area contributed by atoms with E-state index in [-0.39, 0.29) is 5.56 Å². The van der Waals surface area contributed by atoms with Crippen LogP contribution in [0.15, 0.2) is 34.8 Å². The van der Waals surface area contributed by atoms with Crippen LogP contribution in [0.25, 0.3) is 0 Å². The Morgan fingerprint density at radius 2 is 1.84 bits per heavy atom. The summed E-state index contributed by atoms with van der Waals surface area (Å²) in [4.78, 5) is 0. The molecule has 0 aromatic heterocycles. The lowest BCUT2D eigenvalue weighted by atomic mass is 9.99. The number of aryl methyl sites for hydroxylation is 1. The molecule has 1 nitrogen and oxygen atoms in total. The van der Waals surface area contributed by atoms with Gasteiger partial charge < -0.3 is 5.11 Å². The molecule has 0 radical (unpaired) electrons. The molecule has 0 aliphatic carbocycles. The van der Waals surface area contributed by atoms with Crippen molar-refractivity contribution < 1.29 is 9.50 Å². The number of rotatable bonds is 2. The summed E-state index contributed by atoms with van der Waals surface area (Å²) in [5.74, 6) is -0.526. The number of hydrogen-bond acceptors (Lipinski definition) is 1. The third-order valence-corrected chi connectivity index (χ3v) is 4.13. The van der Waals surface area contributed by atoms with E-state index in [1.165, 1.54) is 12.1 Å². The number of aliphatic hydroxyl groups is 1. The fraction of sp³-hybridized carbons (Fsp3) is 0.143. The Hall–Kier alpha value is -0.610. The fourth-order valence-electron chi connectivity index (χ4n) is 1.85. The van der Waals surface area contributed by atoms with Gasteiger partial charge in [0.1, 0.15) is 11.9 Å². The first-order valence-electron chi connectivity index (χ1n) is 5.48. The zero-order chi connectivity index (χ0) is 14.2. The third-order valence-electron chi connectivity index (χ3n) is 2.71. The van der Waals surface area contributed by atoms with Crippen LogP contribution in [0.1, 0.15) is 22.8 Å². The second kappa shape index (κ2) is 5.80. The van der Waals surface area contributed by atoms with Gasteiger partial charge in [-0.3, -0.25) is 0 Å². The van der Waals surface area contributed by atoms with Gasteiger partial charge >= 0.3 is 0 Å². The Kier molecular flexibility index (Phi) is 4.51. The molecule has 1 unspecified atom stereocenters. The average Bonchev–Trinajstić information content (AvgIpc) is 2.31. The summed E-state index contributed by atoms with van der Waals surface area (Å²) in [6, 6.07) is 7.77. The predicted molar refractivity (Wildman–Crippen MR) is 79.4 cm³/mol. The van der Waals surface area contributed by atoms with Crippen LogP contribution in [-0.4, -0.2) is 5.11 Å². The van der Waals surface area contributed by atoms with E-state index in [1.807, 2.05) is 6.92 Å². The van der Waals surface area contributed by atoms with Gasteiger partial charge in [0, 0.05) is 15.1 Å². The van der Waals surface area contributed by atoms with Gasteiger partial charge in [0.2, 0.25) is 0 Å². The van der Waals surface area contributed by atoms with Crippen molar-refractivity contribution in [2.75, 3.05) is 0 Å². The van der Waals surface area contributed by atoms with Crippen LogP contribution in [0.5, 0.6) is 0 Å². The van der Waals surface area contributed by atoms with Crippen LogP contribution in [0.2, 0.25) is 10.0 Å². The van der Waals surface area contributed by atoms with Gasteiger partial charge in [0.05, 0.1) is 5.02 Å². The van der Waals surface area contributed by atoms with Crippen molar-refractivity contribution in [3.8, 4) is 0 Å². The molecule has 0 saturated carbocycles. The summed E-state index contributed by atoms with van der Waals surface area (Å²) in [5.41, 5.74) is 1.54. The number of halogens is 4. The molecule has 5 heteroatoms. The molecule has 0 fully saturated rings. The molecular formula is C14H10BrCl2FO. The highest BCUT2D eigenvalue weighted by molar-refractivity contribution is 9.10. The molecule has 2 aromatic carbocycles. The van der Waals surface area contributed by atoms with Crippen LogP contribution in [-0.2, 0) is 0 Å². The molecule has 0 amide bonds. The van der Waals surface area contributed by atoms with Gasteiger partial charge in [0.15, 0.2) is 0 Å². The number of hydrogen-bond donors (Lipinski definition) is 1. The van der Waals surface area contributed by atoms with E-state index >= 15 is 0 Å². The molecule has 100 valence electrons. The van der Waals surface area contributed by atoms with Crippen molar-refractivity contribution in [1.82, 2.24) is 0 Å². The second-order valence-corrected chi connectivity index (χ2v) is 5.95. The van der Waals surface area contributed by atoms with Crippen LogP contribution in [0, 0.1) is 12.7 Å². The molecule has 0 heterocycles. The molecular weight excluding hydrogens is 354 g/mol. The van der Waals surface area contributed by atoms with Gasteiger partial charge in [0.25, 0.3) is 0 Å². The molecule has 2 aromatic rings. The van der Waals surface area contributed by atoms with Gasteiger partial charge in [-0.2, -0.15) is 0 Å². The fourth-order valence-corrected chi connectivity index (χ4v) is 2.64. The standard InChI is InChI=1S/C14H10BrCl2FO/c1-7-2-8(4-9(16)3-7)14(19)10-5-12(17)11(15)6-13(10)18/h2-6,14,19H,1H3. The largest absolute Gasteiger partial charge is 0.384 e. The first kappa shape index (κ1) is 14.8. The van der Waals surface area contributed by atoms with Crippen molar-refractivity contribution in [3.05, 3.63) is 67.4 Å². The van der Waals surface area contributed by atoms with Crippen molar-refractivity contribution in [2.24, 2.45) is 0 Å². The summed E-state index contributed by atoms with van der Waals surface area (Å²) in [5, 5.41) is 11.1. The maximum Gasteiger partial charge on any atom is 0.130 e. The van der Waals surface area contributed by atoms with Gasteiger partial charge in [-0.05, 0) is 58.2 Å². The lowest BCUT2D eigenvalue weighted by Gasteiger charge is -2.14. The Labute approximate surface area is 129 Å². The maximum absolute atomic E-state index is 13.9. The van der Waals surface area contributed by atoms with Crippen LogP contribution < -0.4 is 0 Å². The third kappa shape index (κ3) is 3.29. The molecule has 2 rings (SSSR count). The molecule has 1 atom stereocenters. The molecule has 0 bridgehead atoms. The van der Waals surface area contributed by atoms with E-state index in [9.17, 15) is 9.50 Å². The monoisotopic (exact) mass is 362 g/mol. The topological polar surface area (TPSA) is 20.2 Å². The quantitative estimate of drug-likeness (QED) is 0.719. The first-order chi connectivity index (χ1) is 8.88. The van der Waals surface area contributed by atoms with Crippen molar-refractivity contribution in [3.63, 3.8) is 0 Å². The Morgan fingerprint density at radius 1 is 1.16 bits per heavy atom. The zero-order valence-corrected chi connectivity index (χ0v) is 13.0. The van der Waals surface area contributed by atoms with Gasteiger partial charge in [-0.25, -0.2) is 4.39 Å². The summed E-state index contributed by atoms with van der Waals surface area (Å²) >= 11 is 15.0. The highest BCUT2D eigenvalue weighted by Gasteiger charge is 2.17. The highest BCUT2D eigenvalue weighted by atomic mass is 79.9. The lowest BCUT2D eigenvalue weighted by Crippen LogP contribution is -2.03. The summed E-state index contributed by atoms with van der Waals surface area (Å²) in [7, 11) is 0. The van der Waals surface area contributed by atoms with Gasteiger partial charge in [-0.1, -0.05) is 29.3 Å². The lowest BCUT2D eigenvalue weighted by molar-refractivity contribution is 0.215. The van der Waals surface area contributed by atoms with E-state index in [0.29, 0.717) is 20.1 Å². The average molecular weight is 364 g/mol. The minimum atomic E-state index is -1.11. The Bertz CT molecular complexity index is 611. The normalized spacial score (nSPS) is 12.5. The first-order valence-corrected chi connectivity index (χ1v) is 7.03. The second-order valence-electron chi connectivity index (χ2n) is 4.25. The van der Waals surface area contributed by atoms with Crippen LogP contribution in [0.4, 0.5) is 4.39 Å². The highest BCUT2D eigenvalue weighted by Crippen LogP contribution is 2.32. The molecule has 0 aliphatic rings. The Balaban J connectivity index is 2.49. The molecule has 0 spiro atoms. The van der Waals surface area contributed by atoms with Crippen molar-refractivity contribution >= 4 is 39.1 Å². The molecule has 0 aliphatic heterocycles. The summed E-state index contributed by atoms with van der Waals surface area (Å²) in [6.45, 7) is 1.85. The molecule has 0 saturated heterocycles. The van der Waals surface area contributed by atoms with E-state index in [2.05, 4.69) is 15.9 Å². The van der Waals surface area contributed by atoms with E-state index < -0.39 is 11.9 Å². The summed E-state index contributed by atoms with van der Waals surface area (Å²) in [6.07, 6.45) is -1.11. The van der Waals surface area contributed by atoms with Crippen molar-refractivity contribution in [2.45, 2.75) is 13.0 Å². The van der Waals surface area contributed by atoms with E-state index in [4.69, 9.17) is 23.2 Å².